The monoisotopic (exact) mass is 445 g/mol. The molecular formula is C19H16ClN5O6. The Balaban J connectivity index is 1.43. The topological polar surface area (TPSA) is 149 Å². The number of para-hydroxylation sites is 1. The normalized spacial score (nSPS) is 10.4. The predicted octanol–water partition coefficient (Wildman–Crippen LogP) is 2.22. The molecule has 0 spiro atoms. The number of non-ortho nitro benzene ring substituents is 1. The van der Waals surface area contributed by atoms with E-state index in [1.54, 1.807) is 30.3 Å². The minimum atomic E-state index is -0.647. The maximum atomic E-state index is 12.1. The lowest BCUT2D eigenvalue weighted by Gasteiger charge is -2.08. The average Bonchev–Trinajstić information content (AvgIpc) is 3.26. The third kappa shape index (κ3) is 6.00. The fourth-order valence-corrected chi connectivity index (χ4v) is 2.59. The van der Waals surface area contributed by atoms with Gasteiger partial charge in [-0.3, -0.25) is 19.7 Å². The number of amides is 2. The summed E-state index contributed by atoms with van der Waals surface area (Å²) < 4.78 is 10.2. The number of benzene rings is 2. The molecule has 3 aromatic rings. The van der Waals surface area contributed by atoms with Crippen molar-refractivity contribution < 1.29 is 23.8 Å². The number of nitro groups is 1. The van der Waals surface area contributed by atoms with E-state index in [9.17, 15) is 19.7 Å². The molecule has 11 nitrogen and oxygen atoms in total. The standard InChI is InChI=1S/C19H16ClN5O6/c20-14-6-1-2-7-15(14)30-11-16(26)21-8-9-22-18(27)19-23-17(24-31-19)12-4-3-5-13(10-12)25(28)29/h1-7,10H,8-9,11H2,(H,21,26)(H,22,27). The molecule has 2 N–H and O–H groups in total. The van der Waals surface area contributed by atoms with Crippen molar-refractivity contribution in [1.29, 1.82) is 0 Å². The summed E-state index contributed by atoms with van der Waals surface area (Å²) >= 11 is 5.94. The van der Waals surface area contributed by atoms with Crippen molar-refractivity contribution in [2.45, 2.75) is 0 Å². The van der Waals surface area contributed by atoms with Gasteiger partial charge in [-0.25, -0.2) is 0 Å². The Morgan fingerprint density at radius 1 is 1.13 bits per heavy atom. The first-order valence-corrected chi connectivity index (χ1v) is 9.32. The largest absolute Gasteiger partial charge is 0.482 e. The lowest BCUT2D eigenvalue weighted by molar-refractivity contribution is -0.384. The zero-order valence-corrected chi connectivity index (χ0v) is 16.7. The van der Waals surface area contributed by atoms with Crippen LogP contribution in [-0.4, -0.2) is 46.6 Å². The van der Waals surface area contributed by atoms with Gasteiger partial charge in [0, 0.05) is 30.8 Å². The summed E-state index contributed by atoms with van der Waals surface area (Å²) in [5, 5.41) is 20.0. The first kappa shape index (κ1) is 21.7. The molecule has 2 aromatic carbocycles. The van der Waals surface area contributed by atoms with Crippen LogP contribution in [0.2, 0.25) is 5.02 Å². The molecule has 1 aromatic heterocycles. The second kappa shape index (κ2) is 10.2. The van der Waals surface area contributed by atoms with Crippen LogP contribution in [0.5, 0.6) is 5.75 Å². The Morgan fingerprint density at radius 2 is 1.90 bits per heavy atom. The van der Waals surface area contributed by atoms with Crippen molar-refractivity contribution in [3.8, 4) is 17.1 Å². The third-order valence-corrected chi connectivity index (χ3v) is 4.18. The van der Waals surface area contributed by atoms with Gasteiger partial charge in [0.15, 0.2) is 6.61 Å². The number of hydrogen-bond acceptors (Lipinski definition) is 8. The first-order valence-electron chi connectivity index (χ1n) is 8.95. The van der Waals surface area contributed by atoms with Crippen molar-refractivity contribution in [2.24, 2.45) is 0 Å². The van der Waals surface area contributed by atoms with Crippen LogP contribution in [0.15, 0.2) is 53.1 Å². The van der Waals surface area contributed by atoms with E-state index in [2.05, 4.69) is 20.8 Å². The van der Waals surface area contributed by atoms with E-state index in [0.29, 0.717) is 16.3 Å². The van der Waals surface area contributed by atoms with Crippen LogP contribution in [0, 0.1) is 10.1 Å². The van der Waals surface area contributed by atoms with Gasteiger partial charge in [-0.05, 0) is 12.1 Å². The van der Waals surface area contributed by atoms with Crippen LogP contribution in [0.1, 0.15) is 10.7 Å². The summed E-state index contributed by atoms with van der Waals surface area (Å²) in [5.41, 5.74) is 0.199. The molecule has 0 fully saturated rings. The zero-order valence-electron chi connectivity index (χ0n) is 15.9. The molecule has 0 saturated heterocycles. The Kier molecular flexibility index (Phi) is 7.12. The number of nitrogens with one attached hydrogen (secondary N) is 2. The Hall–Kier alpha value is -3.99. The number of carbonyl (C=O) groups excluding carboxylic acids is 2. The van der Waals surface area contributed by atoms with Gasteiger partial charge < -0.3 is 19.9 Å². The molecule has 0 aliphatic rings. The SMILES string of the molecule is O=C(COc1ccccc1Cl)NCCNC(=O)c1nc(-c2cccc([N+](=O)[O-])c2)no1. The van der Waals surface area contributed by atoms with Gasteiger partial charge >= 0.3 is 11.8 Å². The molecular weight excluding hydrogens is 430 g/mol. The summed E-state index contributed by atoms with van der Waals surface area (Å²) in [6, 6.07) is 12.4. The van der Waals surface area contributed by atoms with E-state index in [1.807, 2.05) is 0 Å². The Bertz CT molecular complexity index is 1100. The van der Waals surface area contributed by atoms with Gasteiger partial charge in [0.25, 0.3) is 11.6 Å². The van der Waals surface area contributed by atoms with Gasteiger partial charge in [0.2, 0.25) is 5.82 Å². The smallest absolute Gasteiger partial charge is 0.316 e. The molecule has 0 saturated carbocycles. The molecule has 0 unspecified atom stereocenters. The highest BCUT2D eigenvalue weighted by atomic mass is 35.5. The van der Waals surface area contributed by atoms with Gasteiger partial charge in [0.05, 0.1) is 9.95 Å². The molecule has 12 heteroatoms. The lowest BCUT2D eigenvalue weighted by atomic mass is 10.2. The van der Waals surface area contributed by atoms with E-state index >= 15 is 0 Å². The lowest BCUT2D eigenvalue weighted by Crippen LogP contribution is -2.36. The molecule has 0 radical (unpaired) electrons. The van der Waals surface area contributed by atoms with Crippen LogP contribution >= 0.6 is 11.6 Å². The number of halogens is 1. The van der Waals surface area contributed by atoms with Crippen molar-refractivity contribution in [3.05, 3.63) is 69.6 Å². The highest BCUT2D eigenvalue weighted by Crippen LogP contribution is 2.23. The summed E-state index contributed by atoms with van der Waals surface area (Å²) in [4.78, 5) is 38.1. The summed E-state index contributed by atoms with van der Waals surface area (Å²) in [6.45, 7) is 0.0153. The molecule has 0 atom stereocenters. The number of rotatable bonds is 9. The zero-order chi connectivity index (χ0) is 22.2. The van der Waals surface area contributed by atoms with E-state index in [0.717, 1.165) is 0 Å². The minimum Gasteiger partial charge on any atom is -0.482 e. The number of nitro benzene ring substituents is 1. The number of hydrogen-bond donors (Lipinski definition) is 2. The van der Waals surface area contributed by atoms with Gasteiger partial charge in [-0.2, -0.15) is 4.98 Å². The summed E-state index contributed by atoms with van der Waals surface area (Å²) in [5.74, 6) is -0.914. The van der Waals surface area contributed by atoms with Crippen molar-refractivity contribution >= 4 is 29.1 Å². The number of nitrogens with zero attached hydrogens (tertiary/aromatic N) is 3. The highest BCUT2D eigenvalue weighted by molar-refractivity contribution is 6.32. The Morgan fingerprint density at radius 3 is 2.68 bits per heavy atom. The average molecular weight is 446 g/mol. The molecule has 0 bridgehead atoms. The van der Waals surface area contributed by atoms with Crippen LogP contribution in [-0.2, 0) is 4.79 Å². The predicted molar refractivity (Wildman–Crippen MR) is 109 cm³/mol. The van der Waals surface area contributed by atoms with E-state index in [4.69, 9.17) is 20.9 Å². The molecule has 160 valence electrons. The molecule has 1 heterocycles. The maximum Gasteiger partial charge on any atom is 0.316 e. The number of aromatic nitrogens is 2. The van der Waals surface area contributed by atoms with Crippen LogP contribution in [0.3, 0.4) is 0 Å². The van der Waals surface area contributed by atoms with E-state index < -0.39 is 10.8 Å². The number of carbonyl (C=O) groups is 2. The van der Waals surface area contributed by atoms with Crippen LogP contribution in [0.25, 0.3) is 11.4 Å². The third-order valence-electron chi connectivity index (χ3n) is 3.86. The van der Waals surface area contributed by atoms with E-state index in [1.165, 1.54) is 18.2 Å². The van der Waals surface area contributed by atoms with Crippen molar-refractivity contribution in [2.75, 3.05) is 19.7 Å². The number of ether oxygens (including phenoxy) is 1. The Labute approximate surface area is 180 Å². The van der Waals surface area contributed by atoms with E-state index in [-0.39, 0.29) is 43.0 Å². The summed E-state index contributed by atoms with van der Waals surface area (Å²) in [6.07, 6.45) is 0. The quantitative estimate of drug-likeness (QED) is 0.289. The van der Waals surface area contributed by atoms with Gasteiger partial charge in [-0.15, -0.1) is 0 Å². The van der Waals surface area contributed by atoms with Crippen LogP contribution < -0.4 is 15.4 Å². The van der Waals surface area contributed by atoms with Gasteiger partial charge in [-0.1, -0.05) is 41.0 Å². The molecule has 2 amide bonds. The summed E-state index contributed by atoms with van der Waals surface area (Å²) in [7, 11) is 0. The molecule has 31 heavy (non-hydrogen) atoms. The van der Waals surface area contributed by atoms with Crippen molar-refractivity contribution in [3.63, 3.8) is 0 Å². The molecule has 3 rings (SSSR count). The second-order valence-corrected chi connectivity index (χ2v) is 6.46. The fraction of sp³-hybridized carbons (Fsp3) is 0.158. The fourth-order valence-electron chi connectivity index (χ4n) is 2.40. The second-order valence-electron chi connectivity index (χ2n) is 6.06. The maximum absolute atomic E-state index is 12.1. The molecule has 0 aliphatic heterocycles. The molecule has 0 aliphatic carbocycles. The first-order chi connectivity index (χ1) is 14.9. The highest BCUT2D eigenvalue weighted by Gasteiger charge is 2.17. The van der Waals surface area contributed by atoms with Crippen molar-refractivity contribution in [1.82, 2.24) is 20.8 Å². The van der Waals surface area contributed by atoms with Crippen LogP contribution in [0.4, 0.5) is 5.69 Å². The van der Waals surface area contributed by atoms with Gasteiger partial charge in [0.1, 0.15) is 5.75 Å². The minimum absolute atomic E-state index is 0.0406.